The highest BCUT2D eigenvalue weighted by molar-refractivity contribution is 5.85. The molecule has 3 N–H and O–H groups in total. The molecule has 3 aromatic rings. The van der Waals surface area contributed by atoms with E-state index in [-0.39, 0.29) is 30.5 Å². The minimum absolute atomic E-state index is 0. The number of nitrogens with one attached hydrogen (secondary N) is 1. The van der Waals surface area contributed by atoms with Gasteiger partial charge in [0.15, 0.2) is 5.82 Å². The van der Waals surface area contributed by atoms with Crippen LogP contribution in [0.3, 0.4) is 0 Å². The van der Waals surface area contributed by atoms with E-state index >= 15 is 0 Å². The Bertz CT molecular complexity index is 904. The standard InChI is InChI=1S/C14H14N8O2.2ClH/c1-10-17-19-14(21(10)15)18-16-9-13-3-2-8-20(13)11-4-6-12(7-5-11)22(23)24;;/h2-9H,15H2,1H3,(H,18,19);2*1H. The fourth-order valence-electron chi connectivity index (χ4n) is 2.07. The Balaban J connectivity index is 0.00000169. The van der Waals surface area contributed by atoms with E-state index in [9.17, 15) is 10.1 Å². The molecule has 0 aliphatic rings. The summed E-state index contributed by atoms with van der Waals surface area (Å²) in [6.07, 6.45) is 3.42. The molecule has 10 nitrogen and oxygen atoms in total. The number of nitrogens with zero attached hydrogens (tertiary/aromatic N) is 6. The first-order valence-electron chi connectivity index (χ1n) is 6.94. The summed E-state index contributed by atoms with van der Waals surface area (Å²) in [4.78, 5) is 10.3. The van der Waals surface area contributed by atoms with Crippen LogP contribution in [-0.2, 0) is 0 Å². The van der Waals surface area contributed by atoms with E-state index in [0.29, 0.717) is 11.8 Å². The number of halogens is 2. The summed E-state index contributed by atoms with van der Waals surface area (Å²) < 4.78 is 3.13. The summed E-state index contributed by atoms with van der Waals surface area (Å²) in [6.45, 7) is 1.72. The molecule has 0 aliphatic heterocycles. The summed E-state index contributed by atoms with van der Waals surface area (Å²) in [7, 11) is 0. The van der Waals surface area contributed by atoms with Crippen LogP contribution in [0.1, 0.15) is 11.5 Å². The topological polar surface area (TPSA) is 129 Å². The first-order valence-corrected chi connectivity index (χ1v) is 6.94. The third-order valence-electron chi connectivity index (χ3n) is 3.35. The molecular weight excluding hydrogens is 383 g/mol. The van der Waals surface area contributed by atoms with Gasteiger partial charge < -0.3 is 10.4 Å². The number of nitro benzene ring substituents is 1. The minimum Gasteiger partial charge on any atom is -0.335 e. The molecule has 3 rings (SSSR count). The van der Waals surface area contributed by atoms with Crippen LogP contribution >= 0.6 is 24.8 Å². The van der Waals surface area contributed by atoms with Gasteiger partial charge in [0.2, 0.25) is 0 Å². The van der Waals surface area contributed by atoms with E-state index in [1.165, 1.54) is 16.8 Å². The second kappa shape index (κ2) is 8.83. The number of nitro groups is 1. The number of aromatic nitrogens is 4. The molecule has 1 aromatic carbocycles. The van der Waals surface area contributed by atoms with Crippen LogP contribution in [-0.4, -0.2) is 30.6 Å². The second-order valence-corrected chi connectivity index (χ2v) is 4.89. The molecule has 138 valence electrons. The maximum Gasteiger partial charge on any atom is 0.269 e. The SMILES string of the molecule is Cc1nnc(NN=Cc2cccn2-c2ccc([N+](=O)[O-])cc2)n1N.Cl.Cl. The molecule has 2 heterocycles. The number of benzene rings is 1. The molecule has 0 radical (unpaired) electrons. The third-order valence-corrected chi connectivity index (χ3v) is 3.35. The normalized spacial score (nSPS) is 10.2. The summed E-state index contributed by atoms with van der Waals surface area (Å²) in [5.74, 6) is 6.59. The van der Waals surface area contributed by atoms with Gasteiger partial charge in [-0.25, -0.2) is 10.1 Å². The molecule has 0 aliphatic carbocycles. The lowest BCUT2D eigenvalue weighted by molar-refractivity contribution is -0.384. The molecule has 0 atom stereocenters. The number of hydrogen-bond donors (Lipinski definition) is 2. The number of hydrogen-bond acceptors (Lipinski definition) is 7. The highest BCUT2D eigenvalue weighted by atomic mass is 35.5. The maximum absolute atomic E-state index is 10.7. The summed E-state index contributed by atoms with van der Waals surface area (Å²) in [5.41, 5.74) is 4.30. The van der Waals surface area contributed by atoms with E-state index in [1.54, 1.807) is 25.3 Å². The number of aryl methyl sites for hydroxylation is 1. The van der Waals surface area contributed by atoms with Crippen molar-refractivity contribution in [3.05, 3.63) is 64.2 Å². The molecule has 2 aromatic heterocycles. The third kappa shape index (κ3) is 4.29. The van der Waals surface area contributed by atoms with Gasteiger partial charge in [0, 0.05) is 24.0 Å². The Morgan fingerprint density at radius 3 is 2.50 bits per heavy atom. The lowest BCUT2D eigenvalue weighted by Gasteiger charge is -2.06. The van der Waals surface area contributed by atoms with Crippen LogP contribution < -0.4 is 11.3 Å². The fourth-order valence-corrected chi connectivity index (χ4v) is 2.07. The van der Waals surface area contributed by atoms with Gasteiger partial charge in [-0.15, -0.1) is 35.0 Å². The molecule has 0 amide bonds. The van der Waals surface area contributed by atoms with E-state index in [1.807, 2.05) is 22.9 Å². The molecule has 0 fully saturated rings. The van der Waals surface area contributed by atoms with Gasteiger partial charge in [-0.2, -0.15) is 5.10 Å². The van der Waals surface area contributed by atoms with E-state index in [4.69, 9.17) is 5.84 Å². The smallest absolute Gasteiger partial charge is 0.269 e. The second-order valence-electron chi connectivity index (χ2n) is 4.89. The summed E-state index contributed by atoms with van der Waals surface area (Å²) in [5, 5.41) is 22.4. The van der Waals surface area contributed by atoms with Crippen LogP contribution in [0.2, 0.25) is 0 Å². The van der Waals surface area contributed by atoms with Crippen LogP contribution in [0, 0.1) is 17.0 Å². The van der Waals surface area contributed by atoms with Gasteiger partial charge in [-0.1, -0.05) is 0 Å². The first kappa shape index (κ1) is 20.9. The predicted molar refractivity (Wildman–Crippen MR) is 103 cm³/mol. The van der Waals surface area contributed by atoms with Gasteiger partial charge >= 0.3 is 0 Å². The zero-order chi connectivity index (χ0) is 17.1. The van der Waals surface area contributed by atoms with Gasteiger partial charge in [-0.3, -0.25) is 10.1 Å². The zero-order valence-corrected chi connectivity index (χ0v) is 15.1. The fraction of sp³-hybridized carbons (Fsp3) is 0.0714. The van der Waals surface area contributed by atoms with Gasteiger partial charge in [-0.05, 0) is 31.2 Å². The predicted octanol–water partition coefficient (Wildman–Crippen LogP) is 2.29. The summed E-state index contributed by atoms with van der Waals surface area (Å²) in [6, 6.07) is 9.94. The Kier molecular flexibility index (Phi) is 7.11. The van der Waals surface area contributed by atoms with Crippen LogP contribution in [0.5, 0.6) is 0 Å². The quantitative estimate of drug-likeness (QED) is 0.293. The highest BCUT2D eigenvalue weighted by Gasteiger charge is 2.07. The summed E-state index contributed by atoms with van der Waals surface area (Å²) >= 11 is 0. The molecule has 0 saturated carbocycles. The maximum atomic E-state index is 10.7. The Morgan fingerprint density at radius 1 is 1.23 bits per heavy atom. The Labute approximate surface area is 160 Å². The molecule has 0 bridgehead atoms. The van der Waals surface area contributed by atoms with Gasteiger partial charge in [0.05, 0.1) is 16.8 Å². The average molecular weight is 399 g/mol. The van der Waals surface area contributed by atoms with Crippen molar-refractivity contribution in [1.29, 1.82) is 0 Å². The van der Waals surface area contributed by atoms with Gasteiger partial charge in [0.1, 0.15) is 0 Å². The Hall–Kier alpha value is -3.11. The van der Waals surface area contributed by atoms with Crippen LogP contribution in [0.4, 0.5) is 11.6 Å². The van der Waals surface area contributed by atoms with E-state index in [0.717, 1.165) is 11.4 Å². The Morgan fingerprint density at radius 2 is 1.92 bits per heavy atom. The van der Waals surface area contributed by atoms with Crippen molar-refractivity contribution < 1.29 is 4.92 Å². The lowest BCUT2D eigenvalue weighted by atomic mass is 10.3. The van der Waals surface area contributed by atoms with Crippen molar-refractivity contribution >= 4 is 42.7 Å². The van der Waals surface area contributed by atoms with Crippen molar-refractivity contribution in [2.24, 2.45) is 5.10 Å². The number of hydrazone groups is 1. The molecule has 0 saturated heterocycles. The van der Waals surface area contributed by atoms with Crippen molar-refractivity contribution in [3.8, 4) is 5.69 Å². The van der Waals surface area contributed by atoms with Crippen LogP contribution in [0.25, 0.3) is 5.69 Å². The largest absolute Gasteiger partial charge is 0.335 e. The van der Waals surface area contributed by atoms with Crippen molar-refractivity contribution in [1.82, 2.24) is 19.4 Å². The molecule has 26 heavy (non-hydrogen) atoms. The van der Waals surface area contributed by atoms with Crippen molar-refractivity contribution in [2.45, 2.75) is 6.92 Å². The van der Waals surface area contributed by atoms with E-state index < -0.39 is 4.92 Å². The molecule has 12 heteroatoms. The number of rotatable bonds is 5. The highest BCUT2D eigenvalue weighted by Crippen LogP contribution is 2.17. The minimum atomic E-state index is -0.434. The first-order chi connectivity index (χ1) is 11.6. The molecular formula is C14H16Cl2N8O2. The van der Waals surface area contributed by atoms with E-state index in [2.05, 4.69) is 20.7 Å². The molecule has 0 unspecified atom stereocenters. The monoisotopic (exact) mass is 398 g/mol. The van der Waals surface area contributed by atoms with Crippen molar-refractivity contribution in [3.63, 3.8) is 0 Å². The number of nitrogens with two attached hydrogens (primary N) is 1. The molecule has 0 spiro atoms. The number of nitrogen functional groups attached to an aromatic ring is 1. The van der Waals surface area contributed by atoms with Crippen LogP contribution in [0.15, 0.2) is 47.7 Å². The zero-order valence-electron chi connectivity index (χ0n) is 13.5. The average Bonchev–Trinajstić information content (AvgIpc) is 3.17. The lowest BCUT2D eigenvalue weighted by Crippen LogP contribution is -2.13. The van der Waals surface area contributed by atoms with Gasteiger partial charge in [0.25, 0.3) is 11.6 Å². The number of non-ortho nitro benzene ring substituents is 1. The number of anilines is 1. The van der Waals surface area contributed by atoms with Crippen molar-refractivity contribution in [2.75, 3.05) is 11.3 Å².